The molecule has 1 aliphatic carbocycles. The number of aromatic nitrogens is 3. The summed E-state index contributed by atoms with van der Waals surface area (Å²) in [4.78, 5) is 4.11. The third-order valence-electron chi connectivity index (χ3n) is 4.67. The summed E-state index contributed by atoms with van der Waals surface area (Å²) in [5.41, 5.74) is 0. The minimum absolute atomic E-state index is 0.574. The van der Waals surface area contributed by atoms with Gasteiger partial charge in [0.05, 0.1) is 0 Å². The normalized spacial score (nSPS) is 23.5. The highest BCUT2D eigenvalue weighted by atomic mass is 32.1. The number of thiophene rings is 1. The summed E-state index contributed by atoms with van der Waals surface area (Å²) in [6, 6.07) is 5.09. The van der Waals surface area contributed by atoms with Gasteiger partial charge in [0.1, 0.15) is 12.2 Å². The fourth-order valence-electron chi connectivity index (χ4n) is 3.37. The van der Waals surface area contributed by atoms with E-state index < -0.39 is 0 Å². The third kappa shape index (κ3) is 3.04. The second kappa shape index (κ2) is 5.89. The summed E-state index contributed by atoms with van der Waals surface area (Å²) in [5.74, 6) is 1.81. The fraction of sp³-hybridized carbons (Fsp3) is 0.625. The van der Waals surface area contributed by atoms with Crippen LogP contribution in [0, 0.1) is 0 Å². The molecule has 2 aliphatic rings. The maximum absolute atomic E-state index is 4.43. The van der Waals surface area contributed by atoms with Gasteiger partial charge in [-0.05, 0) is 50.1 Å². The number of nitrogens with zero attached hydrogens (tertiary/aromatic N) is 4. The van der Waals surface area contributed by atoms with Crippen molar-refractivity contribution in [2.45, 2.75) is 44.1 Å². The fourth-order valence-corrected chi connectivity index (χ4v) is 4.07. The SMILES string of the molecule is c1csc(CCN2CCC[C@H](c3nncn3C3CC3)C2)c1. The zero-order chi connectivity index (χ0) is 14.1. The van der Waals surface area contributed by atoms with Crippen LogP contribution < -0.4 is 0 Å². The minimum atomic E-state index is 0.574. The molecule has 3 heterocycles. The van der Waals surface area contributed by atoms with E-state index in [1.807, 2.05) is 17.7 Å². The van der Waals surface area contributed by atoms with Gasteiger partial charge in [0.2, 0.25) is 0 Å². The van der Waals surface area contributed by atoms with Crippen LogP contribution in [0.2, 0.25) is 0 Å². The van der Waals surface area contributed by atoms with Crippen LogP contribution in [-0.2, 0) is 6.42 Å². The van der Waals surface area contributed by atoms with Gasteiger partial charge in [-0.1, -0.05) is 6.07 Å². The largest absolute Gasteiger partial charge is 0.314 e. The highest BCUT2D eigenvalue weighted by molar-refractivity contribution is 7.09. The van der Waals surface area contributed by atoms with Crippen molar-refractivity contribution in [3.05, 3.63) is 34.5 Å². The lowest BCUT2D eigenvalue weighted by molar-refractivity contribution is 0.204. The van der Waals surface area contributed by atoms with E-state index in [0.29, 0.717) is 12.0 Å². The first-order valence-corrected chi connectivity index (χ1v) is 8.92. The van der Waals surface area contributed by atoms with Gasteiger partial charge in [-0.15, -0.1) is 21.5 Å². The predicted octanol–water partition coefficient (Wildman–Crippen LogP) is 3.10. The molecule has 0 aromatic carbocycles. The van der Waals surface area contributed by atoms with Gasteiger partial charge in [0.15, 0.2) is 0 Å². The third-order valence-corrected chi connectivity index (χ3v) is 5.60. The van der Waals surface area contributed by atoms with Crippen molar-refractivity contribution in [3.63, 3.8) is 0 Å². The molecule has 4 rings (SSSR count). The molecule has 0 bridgehead atoms. The standard InChI is InChI=1S/C16H22N4S/c1-3-13(16-18-17-12-20(16)14-5-6-14)11-19(8-1)9-7-15-4-2-10-21-15/h2,4,10,12-14H,1,3,5-9,11H2/t13-/m0/s1. The molecular weight excluding hydrogens is 280 g/mol. The first kappa shape index (κ1) is 13.5. The van der Waals surface area contributed by atoms with Crippen molar-refractivity contribution in [2.75, 3.05) is 19.6 Å². The molecule has 112 valence electrons. The van der Waals surface area contributed by atoms with E-state index in [1.54, 1.807) is 0 Å². The van der Waals surface area contributed by atoms with Crippen molar-refractivity contribution in [1.29, 1.82) is 0 Å². The van der Waals surface area contributed by atoms with Gasteiger partial charge in [0, 0.05) is 29.9 Å². The molecule has 0 amide bonds. The molecule has 1 saturated carbocycles. The number of hydrogen-bond donors (Lipinski definition) is 0. The molecule has 21 heavy (non-hydrogen) atoms. The molecule has 2 aromatic rings. The van der Waals surface area contributed by atoms with E-state index >= 15 is 0 Å². The molecular formula is C16H22N4S. The van der Waals surface area contributed by atoms with Gasteiger partial charge in [-0.2, -0.15) is 0 Å². The zero-order valence-corrected chi connectivity index (χ0v) is 13.1. The lowest BCUT2D eigenvalue weighted by Crippen LogP contribution is -2.36. The van der Waals surface area contributed by atoms with E-state index in [0.717, 1.165) is 6.54 Å². The number of hydrogen-bond acceptors (Lipinski definition) is 4. The Labute approximate surface area is 129 Å². The van der Waals surface area contributed by atoms with Crippen molar-refractivity contribution >= 4 is 11.3 Å². The van der Waals surface area contributed by atoms with Crippen LogP contribution in [-0.4, -0.2) is 39.3 Å². The van der Waals surface area contributed by atoms with E-state index in [4.69, 9.17) is 0 Å². The van der Waals surface area contributed by atoms with Gasteiger partial charge in [-0.3, -0.25) is 0 Å². The molecule has 4 nitrogen and oxygen atoms in total. The minimum Gasteiger partial charge on any atom is -0.314 e. The summed E-state index contributed by atoms with van der Waals surface area (Å²) in [6.07, 6.45) is 8.28. The van der Waals surface area contributed by atoms with Crippen LogP contribution in [0.3, 0.4) is 0 Å². The van der Waals surface area contributed by atoms with Crippen molar-refractivity contribution in [1.82, 2.24) is 19.7 Å². The summed E-state index contributed by atoms with van der Waals surface area (Å²) >= 11 is 1.87. The Morgan fingerprint density at radius 3 is 3.05 bits per heavy atom. The van der Waals surface area contributed by atoms with E-state index in [2.05, 4.69) is 37.2 Å². The second-order valence-electron chi connectivity index (χ2n) is 6.30. The molecule has 1 aliphatic heterocycles. The van der Waals surface area contributed by atoms with E-state index in [-0.39, 0.29) is 0 Å². The van der Waals surface area contributed by atoms with Gasteiger partial charge in [-0.25, -0.2) is 0 Å². The molecule has 0 unspecified atom stereocenters. The van der Waals surface area contributed by atoms with Crippen LogP contribution in [0.1, 0.15) is 48.3 Å². The smallest absolute Gasteiger partial charge is 0.137 e. The maximum Gasteiger partial charge on any atom is 0.137 e. The Balaban J connectivity index is 1.39. The average molecular weight is 302 g/mol. The van der Waals surface area contributed by atoms with Crippen LogP contribution in [0.5, 0.6) is 0 Å². The molecule has 0 spiro atoms. The Kier molecular flexibility index (Phi) is 3.78. The van der Waals surface area contributed by atoms with Crippen molar-refractivity contribution < 1.29 is 0 Å². The lowest BCUT2D eigenvalue weighted by Gasteiger charge is -2.32. The van der Waals surface area contributed by atoms with Gasteiger partial charge in [0.25, 0.3) is 0 Å². The zero-order valence-electron chi connectivity index (χ0n) is 12.3. The quantitative estimate of drug-likeness (QED) is 0.851. The van der Waals surface area contributed by atoms with Crippen LogP contribution in [0.4, 0.5) is 0 Å². The van der Waals surface area contributed by atoms with E-state index in [1.165, 1.54) is 55.9 Å². The van der Waals surface area contributed by atoms with Crippen LogP contribution >= 0.6 is 11.3 Å². The van der Waals surface area contributed by atoms with Gasteiger partial charge >= 0.3 is 0 Å². The van der Waals surface area contributed by atoms with Crippen LogP contribution in [0.25, 0.3) is 0 Å². The number of piperidine rings is 1. The van der Waals surface area contributed by atoms with Crippen LogP contribution in [0.15, 0.2) is 23.8 Å². The van der Waals surface area contributed by atoms with Crippen molar-refractivity contribution in [3.8, 4) is 0 Å². The molecule has 1 atom stereocenters. The lowest BCUT2D eigenvalue weighted by atomic mass is 9.97. The Morgan fingerprint density at radius 1 is 1.29 bits per heavy atom. The molecule has 1 saturated heterocycles. The number of likely N-dealkylation sites (tertiary alicyclic amines) is 1. The summed E-state index contributed by atoms with van der Waals surface area (Å²) < 4.78 is 2.34. The Bertz CT molecular complexity index is 573. The molecule has 0 N–H and O–H groups in total. The van der Waals surface area contributed by atoms with Gasteiger partial charge < -0.3 is 9.47 Å². The molecule has 0 radical (unpaired) electrons. The Hall–Kier alpha value is -1.20. The summed E-state index contributed by atoms with van der Waals surface area (Å²) in [5, 5.41) is 10.8. The first-order valence-electron chi connectivity index (χ1n) is 8.04. The van der Waals surface area contributed by atoms with Crippen molar-refractivity contribution in [2.24, 2.45) is 0 Å². The first-order chi connectivity index (χ1) is 10.4. The molecule has 2 fully saturated rings. The number of rotatable bonds is 5. The second-order valence-corrected chi connectivity index (χ2v) is 7.33. The Morgan fingerprint density at radius 2 is 2.24 bits per heavy atom. The molecule has 5 heteroatoms. The topological polar surface area (TPSA) is 34.0 Å². The molecule has 2 aromatic heterocycles. The highest BCUT2D eigenvalue weighted by Gasteiger charge is 2.31. The van der Waals surface area contributed by atoms with E-state index in [9.17, 15) is 0 Å². The predicted molar refractivity (Wildman–Crippen MR) is 84.7 cm³/mol. The average Bonchev–Trinajstić information content (AvgIpc) is 3.04. The summed E-state index contributed by atoms with van der Waals surface area (Å²) in [6.45, 7) is 3.56. The highest BCUT2D eigenvalue weighted by Crippen LogP contribution is 2.38. The summed E-state index contributed by atoms with van der Waals surface area (Å²) in [7, 11) is 0. The monoisotopic (exact) mass is 302 g/mol. The maximum atomic E-state index is 4.43.